The van der Waals surface area contributed by atoms with Crippen LogP contribution in [0.5, 0.6) is 0 Å². The Balaban J connectivity index is 1.84. The van der Waals surface area contributed by atoms with Crippen molar-refractivity contribution in [1.29, 1.82) is 0 Å². The number of aromatic nitrogens is 1. The van der Waals surface area contributed by atoms with Crippen molar-refractivity contribution in [1.82, 2.24) is 9.88 Å². The predicted molar refractivity (Wildman–Crippen MR) is 73.7 cm³/mol. The fourth-order valence-corrected chi connectivity index (χ4v) is 3.14. The first-order valence-corrected chi connectivity index (χ1v) is 7.52. The lowest BCUT2D eigenvalue weighted by Crippen LogP contribution is -2.62. The van der Waals surface area contributed by atoms with E-state index in [9.17, 15) is 4.79 Å². The molecule has 0 bridgehead atoms. The highest BCUT2D eigenvalue weighted by Gasteiger charge is 2.48. The van der Waals surface area contributed by atoms with Crippen molar-refractivity contribution in [2.75, 3.05) is 19.8 Å². The van der Waals surface area contributed by atoms with E-state index >= 15 is 0 Å². The minimum Gasteiger partial charge on any atom is -0.435 e. The molecule has 2 aliphatic rings. The third-order valence-corrected chi connectivity index (χ3v) is 4.43. The number of amides is 1. The molecular formula is C15H22N2O3. The number of rotatable bonds is 3. The van der Waals surface area contributed by atoms with Gasteiger partial charge in [-0.1, -0.05) is 6.92 Å². The van der Waals surface area contributed by atoms with E-state index in [1.54, 1.807) is 0 Å². The van der Waals surface area contributed by atoms with E-state index in [-0.39, 0.29) is 11.4 Å². The van der Waals surface area contributed by atoms with Gasteiger partial charge in [-0.05, 0) is 32.6 Å². The zero-order chi connectivity index (χ0) is 14.2. The van der Waals surface area contributed by atoms with Gasteiger partial charge < -0.3 is 14.1 Å². The van der Waals surface area contributed by atoms with Crippen LogP contribution in [-0.2, 0) is 11.2 Å². The molecule has 3 rings (SSSR count). The molecule has 1 aliphatic heterocycles. The summed E-state index contributed by atoms with van der Waals surface area (Å²) in [6.07, 6.45) is 4.99. The van der Waals surface area contributed by atoms with Crippen LogP contribution in [0.3, 0.4) is 0 Å². The van der Waals surface area contributed by atoms with Crippen molar-refractivity contribution < 1.29 is 13.9 Å². The number of hydrogen-bond donors (Lipinski definition) is 0. The largest absolute Gasteiger partial charge is 0.435 e. The summed E-state index contributed by atoms with van der Waals surface area (Å²) in [6, 6.07) is 0. The standard InChI is InChI=1S/C15H22N2O3/c1-3-5-12-16-11(2)13(20-12)14(18)17-8-9-19-10-15(17)6-4-7-15/h3-10H2,1-2H3. The van der Waals surface area contributed by atoms with Gasteiger partial charge in [-0.25, -0.2) is 4.98 Å². The molecule has 0 atom stereocenters. The van der Waals surface area contributed by atoms with Gasteiger partial charge in [-0.2, -0.15) is 0 Å². The highest BCUT2D eigenvalue weighted by molar-refractivity contribution is 5.93. The number of ether oxygens (including phenoxy) is 1. The number of nitrogens with zero attached hydrogens (tertiary/aromatic N) is 2. The van der Waals surface area contributed by atoms with E-state index in [1.807, 2.05) is 11.8 Å². The first kappa shape index (κ1) is 13.6. The Bertz CT molecular complexity index is 505. The molecule has 5 heteroatoms. The van der Waals surface area contributed by atoms with Crippen molar-refractivity contribution in [2.24, 2.45) is 0 Å². The van der Waals surface area contributed by atoms with Crippen LogP contribution >= 0.6 is 0 Å². The summed E-state index contributed by atoms with van der Waals surface area (Å²) >= 11 is 0. The molecular weight excluding hydrogens is 256 g/mol. The lowest BCUT2D eigenvalue weighted by Gasteiger charge is -2.52. The Hall–Kier alpha value is -1.36. The van der Waals surface area contributed by atoms with Gasteiger partial charge in [0, 0.05) is 13.0 Å². The smallest absolute Gasteiger partial charge is 0.292 e. The van der Waals surface area contributed by atoms with Gasteiger partial charge in [0.2, 0.25) is 5.76 Å². The van der Waals surface area contributed by atoms with Crippen LogP contribution in [0, 0.1) is 6.92 Å². The molecule has 0 unspecified atom stereocenters. The monoisotopic (exact) mass is 278 g/mol. The maximum absolute atomic E-state index is 12.8. The van der Waals surface area contributed by atoms with E-state index in [0.29, 0.717) is 37.1 Å². The molecule has 1 spiro atoms. The first-order chi connectivity index (χ1) is 9.66. The van der Waals surface area contributed by atoms with Crippen molar-refractivity contribution in [3.05, 3.63) is 17.3 Å². The zero-order valence-electron chi connectivity index (χ0n) is 12.3. The van der Waals surface area contributed by atoms with Crippen molar-refractivity contribution >= 4 is 5.91 Å². The van der Waals surface area contributed by atoms with Crippen LogP contribution in [0.25, 0.3) is 0 Å². The number of aryl methyl sites for hydroxylation is 2. The van der Waals surface area contributed by atoms with Crippen LogP contribution in [0.2, 0.25) is 0 Å². The Morgan fingerprint density at radius 2 is 2.25 bits per heavy atom. The SMILES string of the molecule is CCCc1nc(C)c(C(=O)N2CCOCC23CCC3)o1. The Labute approximate surface area is 119 Å². The average Bonchev–Trinajstić information content (AvgIpc) is 2.77. The summed E-state index contributed by atoms with van der Waals surface area (Å²) in [5.41, 5.74) is 0.624. The maximum Gasteiger partial charge on any atom is 0.292 e. The van der Waals surface area contributed by atoms with Crippen LogP contribution in [-0.4, -0.2) is 41.1 Å². The summed E-state index contributed by atoms with van der Waals surface area (Å²) in [6.45, 7) is 5.86. The quantitative estimate of drug-likeness (QED) is 0.851. The first-order valence-electron chi connectivity index (χ1n) is 7.52. The number of carbonyl (C=O) groups excluding carboxylic acids is 1. The van der Waals surface area contributed by atoms with Gasteiger partial charge in [-0.3, -0.25) is 4.79 Å². The molecule has 1 aromatic heterocycles. The molecule has 2 fully saturated rings. The van der Waals surface area contributed by atoms with E-state index in [0.717, 1.165) is 25.7 Å². The second-order valence-electron chi connectivity index (χ2n) is 5.86. The summed E-state index contributed by atoms with van der Waals surface area (Å²) in [4.78, 5) is 19.1. The molecule has 0 aromatic carbocycles. The second kappa shape index (κ2) is 5.20. The third kappa shape index (κ3) is 2.14. The molecule has 2 heterocycles. The van der Waals surface area contributed by atoms with Gasteiger partial charge in [0.05, 0.1) is 24.4 Å². The zero-order valence-corrected chi connectivity index (χ0v) is 12.3. The minimum absolute atomic E-state index is 0.0136. The molecule has 1 saturated heterocycles. The molecule has 20 heavy (non-hydrogen) atoms. The summed E-state index contributed by atoms with van der Waals surface area (Å²) in [5, 5.41) is 0. The lowest BCUT2D eigenvalue weighted by atomic mass is 9.75. The number of carbonyl (C=O) groups is 1. The molecule has 1 aliphatic carbocycles. The fraction of sp³-hybridized carbons (Fsp3) is 0.733. The van der Waals surface area contributed by atoms with E-state index in [4.69, 9.17) is 9.15 Å². The predicted octanol–water partition coefficient (Wildman–Crippen LogP) is 2.33. The minimum atomic E-state index is -0.0838. The number of morpholine rings is 1. The summed E-state index contributed by atoms with van der Waals surface area (Å²) in [5.74, 6) is 1.08. The van der Waals surface area contributed by atoms with Gasteiger partial charge in [0.1, 0.15) is 0 Å². The number of hydrogen-bond acceptors (Lipinski definition) is 4. The van der Waals surface area contributed by atoms with E-state index in [1.165, 1.54) is 6.42 Å². The van der Waals surface area contributed by atoms with Crippen molar-refractivity contribution in [2.45, 2.75) is 51.5 Å². The summed E-state index contributed by atoms with van der Waals surface area (Å²) < 4.78 is 11.3. The maximum atomic E-state index is 12.8. The van der Waals surface area contributed by atoms with Gasteiger partial charge in [0.25, 0.3) is 5.91 Å². The van der Waals surface area contributed by atoms with Crippen LogP contribution in [0.15, 0.2) is 4.42 Å². The third-order valence-electron chi connectivity index (χ3n) is 4.43. The fourth-order valence-electron chi connectivity index (χ4n) is 3.14. The van der Waals surface area contributed by atoms with Crippen LogP contribution in [0.1, 0.15) is 54.7 Å². The van der Waals surface area contributed by atoms with Crippen LogP contribution in [0.4, 0.5) is 0 Å². The molecule has 1 aromatic rings. The molecule has 0 radical (unpaired) electrons. The normalized spacial score (nSPS) is 21.0. The van der Waals surface area contributed by atoms with E-state index < -0.39 is 0 Å². The van der Waals surface area contributed by atoms with Gasteiger partial charge >= 0.3 is 0 Å². The molecule has 1 saturated carbocycles. The Kier molecular flexibility index (Phi) is 3.54. The second-order valence-corrected chi connectivity index (χ2v) is 5.86. The molecule has 1 amide bonds. The van der Waals surface area contributed by atoms with Crippen molar-refractivity contribution in [3.63, 3.8) is 0 Å². The van der Waals surface area contributed by atoms with E-state index in [2.05, 4.69) is 11.9 Å². The highest BCUT2D eigenvalue weighted by Crippen LogP contribution is 2.40. The Morgan fingerprint density at radius 1 is 1.45 bits per heavy atom. The molecule has 0 N–H and O–H groups in total. The lowest BCUT2D eigenvalue weighted by molar-refractivity contribution is -0.0886. The topological polar surface area (TPSA) is 55.6 Å². The highest BCUT2D eigenvalue weighted by atomic mass is 16.5. The summed E-state index contributed by atoms with van der Waals surface area (Å²) in [7, 11) is 0. The molecule has 5 nitrogen and oxygen atoms in total. The van der Waals surface area contributed by atoms with Gasteiger partial charge in [-0.15, -0.1) is 0 Å². The molecule has 110 valence electrons. The Morgan fingerprint density at radius 3 is 2.90 bits per heavy atom. The average molecular weight is 278 g/mol. The van der Waals surface area contributed by atoms with Crippen LogP contribution < -0.4 is 0 Å². The number of oxazole rings is 1. The van der Waals surface area contributed by atoms with Gasteiger partial charge in [0.15, 0.2) is 5.89 Å². The van der Waals surface area contributed by atoms with Crippen molar-refractivity contribution in [3.8, 4) is 0 Å².